The highest BCUT2D eigenvalue weighted by atomic mass is 32.2. The lowest BCUT2D eigenvalue weighted by atomic mass is 10.0. The molecular weight excluding hydrogens is 631 g/mol. The van der Waals surface area contributed by atoms with E-state index in [1.54, 1.807) is 6.08 Å². The van der Waals surface area contributed by atoms with Crippen molar-refractivity contribution in [3.8, 4) is 0 Å². The molecule has 0 heterocycles. The maximum atomic E-state index is 12.5. The van der Waals surface area contributed by atoms with Gasteiger partial charge in [0.05, 0.1) is 17.9 Å². The SMILES string of the molecule is CC/C=C\C/C=C\C/C=C\C/C=C\CCCCC(=O)NC(CS(=O)(=O)O)C(O)/C=C/CC/C=C/CCCCCCCCCCCCCCC. The van der Waals surface area contributed by atoms with Crippen LogP contribution in [0.4, 0.5) is 0 Å². The summed E-state index contributed by atoms with van der Waals surface area (Å²) in [5, 5.41) is 13.2. The van der Waals surface area contributed by atoms with E-state index in [0.29, 0.717) is 12.8 Å². The van der Waals surface area contributed by atoms with E-state index in [9.17, 15) is 22.9 Å². The zero-order valence-electron chi connectivity index (χ0n) is 31.3. The Kier molecular flexibility index (Phi) is 34.0. The van der Waals surface area contributed by atoms with E-state index in [4.69, 9.17) is 0 Å². The number of unbranched alkanes of at least 4 members (excludes halogenated alkanes) is 16. The van der Waals surface area contributed by atoms with Crippen LogP contribution >= 0.6 is 0 Å². The predicted octanol–water partition coefficient (Wildman–Crippen LogP) is 11.5. The van der Waals surface area contributed by atoms with E-state index in [1.807, 2.05) is 0 Å². The molecule has 2 unspecified atom stereocenters. The molecule has 1 amide bonds. The number of aliphatic hydroxyl groups is 1. The third-order valence-electron chi connectivity index (χ3n) is 8.37. The standard InChI is InChI=1S/C42H73NO5S/c1-3-5-7-9-11-13-15-17-19-20-21-22-24-25-27-29-31-33-35-37-41(44)40(39-49(46,47)48)43-42(45)38-36-34-32-30-28-26-23-18-16-14-12-10-8-6-4-2/h6,8,12,14,18,23,27-30,35,37,40-41,44H,3-5,7,9-11,13,15-17,19-22,24-26,31-34,36,38-39H2,1-2H3,(H,43,45)(H,46,47,48)/b8-6-,14-12-,23-18-,29-27+,30-28-,37-35+. The first-order chi connectivity index (χ1) is 23.8. The van der Waals surface area contributed by atoms with Crippen LogP contribution in [-0.2, 0) is 14.9 Å². The first kappa shape index (κ1) is 46.8. The number of carbonyl (C=O) groups is 1. The highest BCUT2D eigenvalue weighted by Crippen LogP contribution is 2.13. The van der Waals surface area contributed by atoms with Crippen molar-refractivity contribution in [2.24, 2.45) is 0 Å². The van der Waals surface area contributed by atoms with Crippen LogP contribution in [-0.4, -0.2) is 41.9 Å². The molecule has 282 valence electrons. The van der Waals surface area contributed by atoms with E-state index in [-0.39, 0.29) is 12.3 Å². The molecule has 3 N–H and O–H groups in total. The summed E-state index contributed by atoms with van der Waals surface area (Å²) in [5.74, 6) is -1.06. The Morgan fingerprint density at radius 2 is 1.00 bits per heavy atom. The van der Waals surface area contributed by atoms with Crippen LogP contribution in [0.25, 0.3) is 0 Å². The van der Waals surface area contributed by atoms with Crippen molar-refractivity contribution in [2.45, 2.75) is 180 Å². The number of carbonyl (C=O) groups excluding carboxylic acids is 1. The van der Waals surface area contributed by atoms with Gasteiger partial charge in [0.1, 0.15) is 0 Å². The van der Waals surface area contributed by atoms with Gasteiger partial charge < -0.3 is 10.4 Å². The van der Waals surface area contributed by atoms with Gasteiger partial charge in [-0.1, -0.05) is 164 Å². The second-order valence-corrected chi connectivity index (χ2v) is 14.7. The lowest BCUT2D eigenvalue weighted by Gasteiger charge is -2.21. The lowest BCUT2D eigenvalue weighted by Crippen LogP contribution is -2.46. The Hall–Kier alpha value is -2.22. The van der Waals surface area contributed by atoms with Gasteiger partial charge in [0.2, 0.25) is 5.91 Å². The maximum Gasteiger partial charge on any atom is 0.267 e. The van der Waals surface area contributed by atoms with Crippen molar-refractivity contribution in [3.63, 3.8) is 0 Å². The Balaban J connectivity index is 4.08. The third kappa shape index (κ3) is 36.9. The van der Waals surface area contributed by atoms with E-state index < -0.39 is 28.0 Å². The fraction of sp³-hybridized carbons (Fsp3) is 0.690. The molecule has 0 fully saturated rings. The van der Waals surface area contributed by atoms with Gasteiger partial charge in [-0.2, -0.15) is 8.42 Å². The van der Waals surface area contributed by atoms with Crippen molar-refractivity contribution in [1.29, 1.82) is 0 Å². The fourth-order valence-electron chi connectivity index (χ4n) is 5.45. The fourth-order valence-corrected chi connectivity index (χ4v) is 6.19. The van der Waals surface area contributed by atoms with E-state index in [2.05, 4.69) is 79.9 Å². The number of allylic oxidation sites excluding steroid dienone is 11. The molecular formula is C42H73NO5S. The zero-order valence-corrected chi connectivity index (χ0v) is 32.1. The minimum atomic E-state index is -4.37. The van der Waals surface area contributed by atoms with E-state index >= 15 is 0 Å². The summed E-state index contributed by atoms with van der Waals surface area (Å²) in [6.07, 6.45) is 50.4. The molecule has 0 saturated carbocycles. The summed E-state index contributed by atoms with van der Waals surface area (Å²) in [7, 11) is -4.37. The van der Waals surface area contributed by atoms with Crippen LogP contribution in [0.3, 0.4) is 0 Å². The Bertz CT molecular complexity index is 1040. The van der Waals surface area contributed by atoms with Crippen molar-refractivity contribution in [2.75, 3.05) is 5.75 Å². The predicted molar refractivity (Wildman–Crippen MR) is 211 cm³/mol. The second kappa shape index (κ2) is 35.6. The lowest BCUT2D eigenvalue weighted by molar-refractivity contribution is -0.122. The number of amides is 1. The molecule has 7 heteroatoms. The first-order valence-corrected chi connectivity index (χ1v) is 21.2. The Morgan fingerprint density at radius 3 is 1.53 bits per heavy atom. The summed E-state index contributed by atoms with van der Waals surface area (Å²) < 4.78 is 32.4. The quantitative estimate of drug-likeness (QED) is 0.0351. The molecule has 6 nitrogen and oxygen atoms in total. The highest BCUT2D eigenvalue weighted by Gasteiger charge is 2.24. The van der Waals surface area contributed by atoms with Gasteiger partial charge in [0, 0.05) is 6.42 Å². The second-order valence-electron chi connectivity index (χ2n) is 13.2. The number of rotatable bonds is 34. The molecule has 0 aromatic carbocycles. The van der Waals surface area contributed by atoms with Gasteiger partial charge in [-0.3, -0.25) is 9.35 Å². The number of aliphatic hydroxyl groups excluding tert-OH is 1. The largest absolute Gasteiger partial charge is 0.387 e. The molecule has 0 bridgehead atoms. The van der Waals surface area contributed by atoms with Crippen LogP contribution in [0.15, 0.2) is 72.9 Å². The molecule has 0 aromatic rings. The van der Waals surface area contributed by atoms with E-state index in [0.717, 1.165) is 51.4 Å². The van der Waals surface area contributed by atoms with Crippen LogP contribution < -0.4 is 5.32 Å². The summed E-state index contributed by atoms with van der Waals surface area (Å²) in [5.41, 5.74) is 0. The third-order valence-corrected chi connectivity index (χ3v) is 9.15. The number of nitrogens with one attached hydrogen (secondary N) is 1. The minimum Gasteiger partial charge on any atom is -0.387 e. The average Bonchev–Trinajstić information content (AvgIpc) is 3.06. The van der Waals surface area contributed by atoms with Gasteiger partial charge in [-0.25, -0.2) is 0 Å². The smallest absolute Gasteiger partial charge is 0.267 e. The van der Waals surface area contributed by atoms with Crippen LogP contribution in [0.1, 0.15) is 168 Å². The van der Waals surface area contributed by atoms with Crippen molar-refractivity contribution < 1.29 is 22.9 Å². The van der Waals surface area contributed by atoms with Gasteiger partial charge in [0.25, 0.3) is 10.1 Å². The summed E-state index contributed by atoms with van der Waals surface area (Å²) in [4.78, 5) is 12.5. The summed E-state index contributed by atoms with van der Waals surface area (Å²) >= 11 is 0. The monoisotopic (exact) mass is 704 g/mol. The van der Waals surface area contributed by atoms with Gasteiger partial charge in [0.15, 0.2) is 0 Å². The molecule has 0 aliphatic rings. The van der Waals surface area contributed by atoms with Crippen LogP contribution in [0, 0.1) is 0 Å². The minimum absolute atomic E-state index is 0.232. The van der Waals surface area contributed by atoms with Crippen molar-refractivity contribution in [1.82, 2.24) is 5.32 Å². The van der Waals surface area contributed by atoms with Crippen molar-refractivity contribution in [3.05, 3.63) is 72.9 Å². The first-order valence-electron chi connectivity index (χ1n) is 19.6. The van der Waals surface area contributed by atoms with Crippen molar-refractivity contribution >= 4 is 16.0 Å². The number of hydrogen-bond donors (Lipinski definition) is 3. The van der Waals surface area contributed by atoms with Crippen LogP contribution in [0.2, 0.25) is 0 Å². The molecule has 0 aliphatic heterocycles. The van der Waals surface area contributed by atoms with E-state index in [1.165, 1.54) is 89.5 Å². The van der Waals surface area contributed by atoms with Gasteiger partial charge in [-0.15, -0.1) is 0 Å². The Morgan fingerprint density at radius 1 is 0.571 bits per heavy atom. The zero-order chi connectivity index (χ0) is 36.1. The molecule has 0 aromatic heterocycles. The summed E-state index contributed by atoms with van der Waals surface area (Å²) in [6, 6.07) is -1.10. The Labute approximate surface area is 302 Å². The average molecular weight is 704 g/mol. The highest BCUT2D eigenvalue weighted by molar-refractivity contribution is 7.85. The topological polar surface area (TPSA) is 104 Å². The molecule has 0 rings (SSSR count). The van der Waals surface area contributed by atoms with Gasteiger partial charge in [-0.05, 0) is 70.6 Å². The molecule has 2 atom stereocenters. The molecule has 0 aliphatic carbocycles. The number of hydrogen-bond acceptors (Lipinski definition) is 4. The van der Waals surface area contributed by atoms with Crippen LogP contribution in [0.5, 0.6) is 0 Å². The molecule has 0 saturated heterocycles. The molecule has 0 radical (unpaired) electrons. The molecule has 0 spiro atoms. The molecule has 49 heavy (non-hydrogen) atoms. The van der Waals surface area contributed by atoms with Gasteiger partial charge >= 0.3 is 0 Å². The summed E-state index contributed by atoms with van der Waals surface area (Å²) in [6.45, 7) is 4.40. The maximum absolute atomic E-state index is 12.5. The normalized spacial score (nSPS) is 14.1.